The molecule has 1 N–H and O–H groups in total. The molecule has 4 rings (SSSR count). The topological polar surface area (TPSA) is 63.5 Å². The fourth-order valence-electron chi connectivity index (χ4n) is 3.14. The summed E-state index contributed by atoms with van der Waals surface area (Å²) in [6.07, 6.45) is 1.69. The average Bonchev–Trinajstić information content (AvgIpc) is 3.18. The van der Waals surface area contributed by atoms with Crippen LogP contribution >= 0.6 is 11.6 Å². The highest BCUT2D eigenvalue weighted by Gasteiger charge is 2.26. The number of aromatic nitrogens is 1. The van der Waals surface area contributed by atoms with Crippen molar-refractivity contribution in [1.29, 1.82) is 0 Å². The van der Waals surface area contributed by atoms with Crippen LogP contribution in [-0.4, -0.2) is 24.8 Å². The van der Waals surface area contributed by atoms with E-state index in [1.165, 1.54) is 10.0 Å². The lowest BCUT2D eigenvalue weighted by molar-refractivity contribution is 0.588. The zero-order valence-electron chi connectivity index (χ0n) is 13.5. The molecular weight excluding hydrogens is 358 g/mol. The van der Waals surface area contributed by atoms with E-state index >= 15 is 0 Å². The first-order valence-corrected chi connectivity index (χ1v) is 9.67. The van der Waals surface area contributed by atoms with Crippen LogP contribution in [0.25, 0.3) is 10.9 Å². The molecule has 1 aromatic heterocycles. The zero-order chi connectivity index (χ0) is 17.6. The van der Waals surface area contributed by atoms with Crippen molar-refractivity contribution < 1.29 is 8.42 Å². The lowest BCUT2D eigenvalue weighted by atomic mass is 10.1. The number of para-hydroxylation sites is 1. The SMILES string of the molecule is CC1=NCC(c2cn(S(=O)(=O)c3cccc(Cl)c3)c3ccccc23)N1. The second kappa shape index (κ2) is 5.89. The third-order valence-corrected chi connectivity index (χ3v) is 6.24. The predicted octanol–water partition coefficient (Wildman–Crippen LogP) is 3.59. The molecule has 1 unspecified atom stereocenters. The molecule has 0 aliphatic carbocycles. The Kier molecular flexibility index (Phi) is 3.81. The third kappa shape index (κ3) is 2.71. The second-order valence-corrected chi connectivity index (χ2v) is 8.23. The molecule has 5 nitrogen and oxygen atoms in total. The minimum absolute atomic E-state index is 0.0271. The minimum Gasteiger partial charge on any atom is -0.365 e. The number of amidine groups is 1. The van der Waals surface area contributed by atoms with Crippen LogP contribution in [0.4, 0.5) is 0 Å². The first kappa shape index (κ1) is 16.2. The maximum Gasteiger partial charge on any atom is 0.268 e. The van der Waals surface area contributed by atoms with Gasteiger partial charge in [0.2, 0.25) is 0 Å². The van der Waals surface area contributed by atoms with Gasteiger partial charge in [-0.15, -0.1) is 0 Å². The molecule has 7 heteroatoms. The molecule has 25 heavy (non-hydrogen) atoms. The minimum atomic E-state index is -3.74. The van der Waals surface area contributed by atoms with E-state index in [1.54, 1.807) is 24.4 Å². The molecule has 0 amide bonds. The summed E-state index contributed by atoms with van der Waals surface area (Å²) < 4.78 is 27.6. The quantitative estimate of drug-likeness (QED) is 0.763. The zero-order valence-corrected chi connectivity index (χ0v) is 15.1. The summed E-state index contributed by atoms with van der Waals surface area (Å²) in [5.74, 6) is 0.861. The number of nitrogens with zero attached hydrogens (tertiary/aromatic N) is 2. The lowest BCUT2D eigenvalue weighted by Crippen LogP contribution is -2.20. The molecule has 0 spiro atoms. The monoisotopic (exact) mass is 373 g/mol. The van der Waals surface area contributed by atoms with Gasteiger partial charge in [-0.3, -0.25) is 4.99 Å². The Morgan fingerprint density at radius 2 is 2.00 bits per heavy atom. The molecule has 0 bridgehead atoms. The van der Waals surface area contributed by atoms with E-state index in [0.29, 0.717) is 17.1 Å². The van der Waals surface area contributed by atoms with Crippen molar-refractivity contribution in [3.05, 3.63) is 65.3 Å². The van der Waals surface area contributed by atoms with Crippen LogP contribution in [0.3, 0.4) is 0 Å². The Balaban J connectivity index is 1.91. The van der Waals surface area contributed by atoms with Gasteiger partial charge in [-0.25, -0.2) is 12.4 Å². The number of hydrogen-bond donors (Lipinski definition) is 1. The summed E-state index contributed by atoms with van der Waals surface area (Å²) in [5, 5.41) is 4.58. The molecule has 1 aliphatic rings. The van der Waals surface area contributed by atoms with Crippen molar-refractivity contribution in [2.24, 2.45) is 4.99 Å². The number of fused-ring (bicyclic) bond motifs is 1. The van der Waals surface area contributed by atoms with Gasteiger partial charge in [-0.2, -0.15) is 0 Å². The summed E-state index contributed by atoms with van der Waals surface area (Å²) in [6, 6.07) is 13.8. The van der Waals surface area contributed by atoms with Gasteiger partial charge in [0.15, 0.2) is 0 Å². The fourth-order valence-corrected chi connectivity index (χ4v) is 4.82. The summed E-state index contributed by atoms with van der Waals surface area (Å²) >= 11 is 5.98. The van der Waals surface area contributed by atoms with Crippen LogP contribution in [0, 0.1) is 0 Å². The molecule has 128 valence electrons. The molecule has 0 fully saturated rings. The van der Waals surface area contributed by atoms with Gasteiger partial charge >= 0.3 is 0 Å². The van der Waals surface area contributed by atoms with Crippen LogP contribution in [0.5, 0.6) is 0 Å². The molecule has 0 saturated heterocycles. The van der Waals surface area contributed by atoms with Crippen LogP contribution in [0.1, 0.15) is 18.5 Å². The molecule has 0 radical (unpaired) electrons. The van der Waals surface area contributed by atoms with Crippen molar-refractivity contribution in [3.63, 3.8) is 0 Å². The lowest BCUT2D eigenvalue weighted by Gasteiger charge is -2.09. The number of nitrogens with one attached hydrogen (secondary N) is 1. The number of benzene rings is 2. The second-order valence-electron chi connectivity index (χ2n) is 5.98. The first-order chi connectivity index (χ1) is 12.0. The standard InChI is InChI=1S/C18H16ClN3O2S/c1-12-20-10-17(21-12)16-11-22(18-8-3-2-7-15(16)18)25(23,24)14-6-4-5-13(19)9-14/h2-9,11,17H,10H2,1H3,(H,20,21). The molecule has 3 aromatic rings. The van der Waals surface area contributed by atoms with Crippen LogP contribution in [0.2, 0.25) is 5.02 Å². The van der Waals surface area contributed by atoms with E-state index in [9.17, 15) is 8.42 Å². The van der Waals surface area contributed by atoms with Crippen LogP contribution < -0.4 is 5.32 Å². The molecule has 0 saturated carbocycles. The van der Waals surface area contributed by atoms with Gasteiger partial charge in [0, 0.05) is 22.2 Å². The molecule has 2 aromatic carbocycles. The van der Waals surface area contributed by atoms with Gasteiger partial charge in [0.05, 0.1) is 28.8 Å². The van der Waals surface area contributed by atoms with E-state index in [4.69, 9.17) is 11.6 Å². The van der Waals surface area contributed by atoms with E-state index in [-0.39, 0.29) is 10.9 Å². The third-order valence-electron chi connectivity index (χ3n) is 4.33. The number of aliphatic imine (C=N–C) groups is 1. The number of hydrogen-bond acceptors (Lipinski definition) is 4. The van der Waals surface area contributed by atoms with Crippen LogP contribution in [-0.2, 0) is 10.0 Å². The van der Waals surface area contributed by atoms with Crippen molar-refractivity contribution in [2.75, 3.05) is 6.54 Å². The van der Waals surface area contributed by atoms with Gasteiger partial charge in [-0.05, 0) is 31.2 Å². The number of rotatable bonds is 3. The normalized spacial score (nSPS) is 17.5. The van der Waals surface area contributed by atoms with E-state index in [0.717, 1.165) is 16.8 Å². The Hall–Kier alpha value is -2.31. The first-order valence-electron chi connectivity index (χ1n) is 7.85. The molecule has 1 atom stereocenters. The van der Waals surface area contributed by atoms with Gasteiger partial charge in [-0.1, -0.05) is 35.9 Å². The average molecular weight is 374 g/mol. The van der Waals surface area contributed by atoms with Gasteiger partial charge < -0.3 is 5.32 Å². The smallest absolute Gasteiger partial charge is 0.268 e. The Morgan fingerprint density at radius 3 is 2.72 bits per heavy atom. The summed E-state index contributed by atoms with van der Waals surface area (Å²) in [6.45, 7) is 2.50. The summed E-state index contributed by atoms with van der Waals surface area (Å²) in [7, 11) is -3.74. The van der Waals surface area contributed by atoms with Gasteiger partial charge in [0.1, 0.15) is 0 Å². The van der Waals surface area contributed by atoms with Crippen LogP contribution in [0.15, 0.2) is 64.6 Å². The summed E-state index contributed by atoms with van der Waals surface area (Å²) in [4.78, 5) is 4.54. The fraction of sp³-hybridized carbons (Fsp3) is 0.167. The Labute approximate surface area is 151 Å². The van der Waals surface area contributed by atoms with E-state index in [2.05, 4.69) is 10.3 Å². The largest absolute Gasteiger partial charge is 0.365 e. The highest BCUT2D eigenvalue weighted by molar-refractivity contribution is 7.90. The molecule has 1 aliphatic heterocycles. The van der Waals surface area contributed by atoms with Crippen molar-refractivity contribution in [3.8, 4) is 0 Å². The van der Waals surface area contributed by atoms with E-state index in [1.807, 2.05) is 31.2 Å². The molecule has 2 heterocycles. The molecular formula is C18H16ClN3O2S. The number of halogens is 1. The van der Waals surface area contributed by atoms with Crippen molar-refractivity contribution in [2.45, 2.75) is 17.9 Å². The predicted molar refractivity (Wildman–Crippen MR) is 99.8 cm³/mol. The maximum absolute atomic E-state index is 13.1. The van der Waals surface area contributed by atoms with Gasteiger partial charge in [0.25, 0.3) is 10.0 Å². The van der Waals surface area contributed by atoms with E-state index < -0.39 is 10.0 Å². The maximum atomic E-state index is 13.1. The highest BCUT2D eigenvalue weighted by Crippen LogP contribution is 2.31. The Bertz CT molecular complexity index is 1100. The Morgan fingerprint density at radius 1 is 1.20 bits per heavy atom. The van der Waals surface area contributed by atoms with Crippen molar-refractivity contribution in [1.82, 2.24) is 9.29 Å². The van der Waals surface area contributed by atoms with Crippen molar-refractivity contribution >= 4 is 38.4 Å². The highest BCUT2D eigenvalue weighted by atomic mass is 35.5. The summed E-state index contributed by atoms with van der Waals surface area (Å²) in [5.41, 5.74) is 1.56.